The molecule has 0 aromatic heterocycles. The molecule has 1 aliphatic rings. The molecule has 0 spiro atoms. The molecule has 1 aliphatic carbocycles. The lowest BCUT2D eigenvalue weighted by atomic mass is 9.87. The quantitative estimate of drug-likeness (QED) is 0.590. The number of alkyl carbamates (subject to hydrolysis) is 1. The summed E-state index contributed by atoms with van der Waals surface area (Å²) in [5.41, 5.74) is 1.53. The van der Waals surface area contributed by atoms with E-state index in [2.05, 4.69) is 10.6 Å². The highest BCUT2D eigenvalue weighted by atomic mass is 19.1. The van der Waals surface area contributed by atoms with Gasteiger partial charge in [0.2, 0.25) is 0 Å². The van der Waals surface area contributed by atoms with Gasteiger partial charge < -0.3 is 25.2 Å². The summed E-state index contributed by atoms with van der Waals surface area (Å²) in [6, 6.07) is 10.9. The van der Waals surface area contributed by atoms with Gasteiger partial charge in [0.1, 0.15) is 30.2 Å². The molecular formula is C24H29FN2O5. The van der Waals surface area contributed by atoms with Gasteiger partial charge in [0.25, 0.3) is 0 Å². The smallest absolute Gasteiger partial charge is 0.407 e. The second-order valence-corrected chi connectivity index (χ2v) is 8.81. The lowest BCUT2D eigenvalue weighted by molar-refractivity contribution is -0.134. The SMILES string of the molecule is CC(C)(C)OC(=O)N[C@@H]1CCc2cc(OCc3ccccc3)c(NCC(=O)O)c(F)c2C1. The van der Waals surface area contributed by atoms with E-state index in [-0.39, 0.29) is 30.5 Å². The number of carbonyl (C=O) groups excluding carboxylic acids is 1. The summed E-state index contributed by atoms with van der Waals surface area (Å²) in [7, 11) is 0. The molecule has 0 saturated heterocycles. The number of carbonyl (C=O) groups is 2. The van der Waals surface area contributed by atoms with Gasteiger partial charge in [-0.3, -0.25) is 4.79 Å². The summed E-state index contributed by atoms with van der Waals surface area (Å²) in [4.78, 5) is 23.2. The van der Waals surface area contributed by atoms with Crippen molar-refractivity contribution in [1.29, 1.82) is 0 Å². The topological polar surface area (TPSA) is 96.9 Å². The Balaban J connectivity index is 1.81. The number of rotatable bonds is 7. The molecule has 0 unspecified atom stereocenters. The molecule has 172 valence electrons. The third-order valence-corrected chi connectivity index (χ3v) is 5.01. The van der Waals surface area contributed by atoms with Crippen LogP contribution in [0.1, 0.15) is 43.9 Å². The van der Waals surface area contributed by atoms with Crippen molar-refractivity contribution in [1.82, 2.24) is 5.32 Å². The number of benzene rings is 2. The van der Waals surface area contributed by atoms with Crippen LogP contribution in [0.3, 0.4) is 0 Å². The third kappa shape index (κ3) is 6.35. The molecule has 1 amide bonds. The van der Waals surface area contributed by atoms with E-state index in [0.29, 0.717) is 18.4 Å². The second kappa shape index (κ2) is 9.89. The number of carboxylic acid groups (broad SMARTS) is 1. The van der Waals surface area contributed by atoms with Crippen LogP contribution in [-0.2, 0) is 29.0 Å². The maximum Gasteiger partial charge on any atom is 0.407 e. The molecule has 2 aromatic carbocycles. The van der Waals surface area contributed by atoms with Gasteiger partial charge in [-0.15, -0.1) is 0 Å². The van der Waals surface area contributed by atoms with Crippen molar-refractivity contribution in [3.05, 3.63) is 58.9 Å². The Hall–Kier alpha value is -3.29. The predicted octanol–water partition coefficient (Wildman–Crippen LogP) is 4.28. The fourth-order valence-electron chi connectivity index (χ4n) is 3.61. The van der Waals surface area contributed by atoms with Gasteiger partial charge in [0.15, 0.2) is 5.82 Å². The van der Waals surface area contributed by atoms with E-state index in [1.54, 1.807) is 26.8 Å². The average Bonchev–Trinajstić information content (AvgIpc) is 2.71. The van der Waals surface area contributed by atoms with Crippen molar-refractivity contribution < 1.29 is 28.6 Å². The number of anilines is 1. The molecule has 2 aromatic rings. The van der Waals surface area contributed by atoms with Gasteiger partial charge in [-0.1, -0.05) is 30.3 Å². The molecule has 0 bridgehead atoms. The third-order valence-electron chi connectivity index (χ3n) is 5.01. The van der Waals surface area contributed by atoms with Crippen LogP contribution in [0.25, 0.3) is 0 Å². The molecule has 0 saturated carbocycles. The Kier molecular flexibility index (Phi) is 7.22. The van der Waals surface area contributed by atoms with E-state index < -0.39 is 30.0 Å². The van der Waals surface area contributed by atoms with Crippen LogP contribution in [0.2, 0.25) is 0 Å². The van der Waals surface area contributed by atoms with E-state index in [0.717, 1.165) is 11.1 Å². The van der Waals surface area contributed by atoms with E-state index >= 15 is 4.39 Å². The number of amides is 1. The van der Waals surface area contributed by atoms with Crippen LogP contribution in [0.5, 0.6) is 5.75 Å². The zero-order chi connectivity index (χ0) is 23.3. The molecule has 8 heteroatoms. The number of hydrogen-bond donors (Lipinski definition) is 3. The zero-order valence-corrected chi connectivity index (χ0v) is 18.5. The summed E-state index contributed by atoms with van der Waals surface area (Å²) in [6.07, 6.45) is 0.916. The maximum atomic E-state index is 15.5. The number of aryl methyl sites for hydroxylation is 1. The maximum absolute atomic E-state index is 15.5. The molecule has 0 radical (unpaired) electrons. The standard InChI is InChI=1S/C24H29FN2O5/c1-24(2,3)32-23(30)27-17-10-9-16-11-19(31-14-15-7-5-4-6-8-15)22(26-13-20(28)29)21(25)18(16)12-17/h4-8,11,17,26H,9-10,12-14H2,1-3H3,(H,27,30)(H,28,29)/t17-/m1/s1. The highest BCUT2D eigenvalue weighted by molar-refractivity contribution is 5.75. The Morgan fingerprint density at radius 1 is 1.22 bits per heavy atom. The van der Waals surface area contributed by atoms with Crippen LogP contribution < -0.4 is 15.4 Å². The fourth-order valence-corrected chi connectivity index (χ4v) is 3.61. The molecule has 32 heavy (non-hydrogen) atoms. The molecule has 0 fully saturated rings. The molecule has 0 heterocycles. The highest BCUT2D eigenvalue weighted by Crippen LogP contribution is 2.37. The first kappa shape index (κ1) is 23.4. The monoisotopic (exact) mass is 444 g/mol. The lowest BCUT2D eigenvalue weighted by Gasteiger charge is -2.29. The minimum Gasteiger partial charge on any atom is -0.487 e. The fraction of sp³-hybridized carbons (Fsp3) is 0.417. The van der Waals surface area contributed by atoms with Crippen molar-refractivity contribution >= 4 is 17.7 Å². The second-order valence-electron chi connectivity index (χ2n) is 8.81. The first-order valence-electron chi connectivity index (χ1n) is 10.6. The highest BCUT2D eigenvalue weighted by Gasteiger charge is 2.28. The number of fused-ring (bicyclic) bond motifs is 1. The molecule has 3 N–H and O–H groups in total. The van der Waals surface area contributed by atoms with Gasteiger partial charge in [-0.2, -0.15) is 0 Å². The van der Waals surface area contributed by atoms with Gasteiger partial charge >= 0.3 is 12.1 Å². The Labute approximate surface area is 186 Å². The summed E-state index contributed by atoms with van der Waals surface area (Å²) in [6.45, 7) is 5.11. The summed E-state index contributed by atoms with van der Waals surface area (Å²) < 4.78 is 26.7. The van der Waals surface area contributed by atoms with E-state index in [9.17, 15) is 9.59 Å². The van der Waals surface area contributed by atoms with E-state index in [4.69, 9.17) is 14.6 Å². The summed E-state index contributed by atoms with van der Waals surface area (Å²) in [5, 5.41) is 14.5. The summed E-state index contributed by atoms with van der Waals surface area (Å²) >= 11 is 0. The van der Waals surface area contributed by atoms with Crippen molar-refractivity contribution in [2.45, 2.75) is 58.3 Å². The van der Waals surface area contributed by atoms with Crippen LogP contribution in [0.4, 0.5) is 14.9 Å². The number of aliphatic carboxylic acids is 1. The molecule has 0 aliphatic heterocycles. The van der Waals surface area contributed by atoms with Crippen molar-refractivity contribution in [2.75, 3.05) is 11.9 Å². The largest absolute Gasteiger partial charge is 0.487 e. The van der Waals surface area contributed by atoms with Crippen LogP contribution in [0.15, 0.2) is 36.4 Å². The van der Waals surface area contributed by atoms with Gasteiger partial charge in [0.05, 0.1) is 0 Å². The van der Waals surface area contributed by atoms with Crippen molar-refractivity contribution in [3.8, 4) is 5.75 Å². The molecular weight excluding hydrogens is 415 g/mol. The van der Waals surface area contributed by atoms with Gasteiger partial charge in [-0.25, -0.2) is 9.18 Å². The lowest BCUT2D eigenvalue weighted by Crippen LogP contribution is -2.42. The molecule has 1 atom stereocenters. The summed E-state index contributed by atoms with van der Waals surface area (Å²) in [5.74, 6) is -1.40. The normalized spacial score (nSPS) is 15.4. The number of carboxylic acids is 1. The number of halogens is 1. The number of nitrogens with one attached hydrogen (secondary N) is 2. The van der Waals surface area contributed by atoms with E-state index in [1.807, 2.05) is 30.3 Å². The average molecular weight is 445 g/mol. The number of hydrogen-bond acceptors (Lipinski definition) is 5. The Morgan fingerprint density at radius 3 is 2.59 bits per heavy atom. The van der Waals surface area contributed by atoms with Crippen LogP contribution in [-0.4, -0.2) is 35.4 Å². The van der Waals surface area contributed by atoms with E-state index in [1.165, 1.54) is 0 Å². The van der Waals surface area contributed by atoms with Gasteiger partial charge in [0, 0.05) is 6.04 Å². The minimum absolute atomic E-state index is 0.0139. The Morgan fingerprint density at radius 2 is 1.94 bits per heavy atom. The molecule has 7 nitrogen and oxygen atoms in total. The van der Waals surface area contributed by atoms with Crippen LogP contribution in [0, 0.1) is 5.82 Å². The first-order valence-corrected chi connectivity index (χ1v) is 10.6. The van der Waals surface area contributed by atoms with Gasteiger partial charge in [-0.05, 0) is 62.8 Å². The Bertz CT molecular complexity index is 973. The molecule has 3 rings (SSSR count). The van der Waals surface area contributed by atoms with Crippen molar-refractivity contribution in [3.63, 3.8) is 0 Å². The zero-order valence-electron chi connectivity index (χ0n) is 18.5. The first-order chi connectivity index (χ1) is 15.1. The number of ether oxygens (including phenoxy) is 2. The predicted molar refractivity (Wildman–Crippen MR) is 118 cm³/mol. The minimum atomic E-state index is -1.11. The van der Waals surface area contributed by atoms with Crippen LogP contribution >= 0.6 is 0 Å². The van der Waals surface area contributed by atoms with Crippen molar-refractivity contribution in [2.24, 2.45) is 0 Å².